The minimum absolute atomic E-state index is 0.142. The van der Waals surface area contributed by atoms with Crippen molar-refractivity contribution < 1.29 is 9.53 Å². The highest BCUT2D eigenvalue weighted by Crippen LogP contribution is 2.30. The standard InChI is InChI=1S/C25H31N3O2/c1-4-5-10-27-17-20(16-24(27)29)25-26-22-8-6-7-9-23(22)28(25)11-12-30-21-14-18(2)13-19(3)15-21/h6-9,13-15,20H,4-5,10-12,16-17H2,1-3H3/t20-/m0/s1. The van der Waals surface area contributed by atoms with Gasteiger partial charge in [0.25, 0.3) is 0 Å². The molecule has 1 saturated heterocycles. The van der Waals surface area contributed by atoms with E-state index in [1.807, 2.05) is 23.1 Å². The molecule has 5 nitrogen and oxygen atoms in total. The van der Waals surface area contributed by atoms with Crippen LogP contribution in [0.1, 0.15) is 49.1 Å². The first kappa shape index (κ1) is 20.5. The van der Waals surface area contributed by atoms with E-state index in [1.165, 1.54) is 11.1 Å². The van der Waals surface area contributed by atoms with Gasteiger partial charge in [-0.25, -0.2) is 4.98 Å². The Bertz CT molecular complexity index is 1020. The molecule has 0 radical (unpaired) electrons. The van der Waals surface area contributed by atoms with Gasteiger partial charge in [0.15, 0.2) is 0 Å². The molecule has 1 fully saturated rings. The Labute approximate surface area is 178 Å². The quantitative estimate of drug-likeness (QED) is 0.538. The van der Waals surface area contributed by atoms with Crippen molar-refractivity contribution in [2.45, 2.75) is 52.5 Å². The van der Waals surface area contributed by atoms with Crippen LogP contribution in [0.2, 0.25) is 0 Å². The number of nitrogens with zero attached hydrogens (tertiary/aromatic N) is 3. The molecule has 0 aliphatic carbocycles. The fourth-order valence-electron chi connectivity index (χ4n) is 4.42. The number of aromatic nitrogens is 2. The number of fused-ring (bicyclic) bond motifs is 1. The number of carbonyl (C=O) groups excluding carboxylic acids is 1. The first-order valence-electron chi connectivity index (χ1n) is 11.0. The minimum atomic E-state index is 0.142. The van der Waals surface area contributed by atoms with Crippen LogP contribution in [0.5, 0.6) is 5.75 Å². The Morgan fingerprint density at radius 1 is 1.10 bits per heavy atom. The van der Waals surface area contributed by atoms with Crippen LogP contribution in [0.4, 0.5) is 0 Å². The summed E-state index contributed by atoms with van der Waals surface area (Å²) in [6.07, 6.45) is 2.70. The van der Waals surface area contributed by atoms with Crippen molar-refractivity contribution in [2.75, 3.05) is 19.7 Å². The molecule has 1 aliphatic rings. The lowest BCUT2D eigenvalue weighted by Crippen LogP contribution is -2.26. The Morgan fingerprint density at radius 2 is 1.87 bits per heavy atom. The Morgan fingerprint density at radius 3 is 2.63 bits per heavy atom. The molecule has 1 aromatic heterocycles. The largest absolute Gasteiger partial charge is 0.492 e. The number of likely N-dealkylation sites (tertiary alicyclic amines) is 1. The number of hydrogen-bond donors (Lipinski definition) is 0. The number of para-hydroxylation sites is 2. The van der Waals surface area contributed by atoms with Gasteiger partial charge in [-0.1, -0.05) is 31.5 Å². The highest BCUT2D eigenvalue weighted by atomic mass is 16.5. The van der Waals surface area contributed by atoms with Gasteiger partial charge >= 0.3 is 0 Å². The van der Waals surface area contributed by atoms with Crippen molar-refractivity contribution in [3.8, 4) is 5.75 Å². The average molecular weight is 406 g/mol. The van der Waals surface area contributed by atoms with Crippen LogP contribution in [-0.4, -0.2) is 40.1 Å². The van der Waals surface area contributed by atoms with Gasteiger partial charge in [-0.3, -0.25) is 4.79 Å². The third-order valence-corrected chi connectivity index (χ3v) is 5.82. The minimum Gasteiger partial charge on any atom is -0.492 e. The monoisotopic (exact) mass is 405 g/mol. The zero-order chi connectivity index (χ0) is 21.1. The molecule has 4 rings (SSSR count). The Hall–Kier alpha value is -2.82. The van der Waals surface area contributed by atoms with Crippen LogP contribution >= 0.6 is 0 Å². The van der Waals surface area contributed by atoms with Crippen molar-refractivity contribution in [2.24, 2.45) is 0 Å². The summed E-state index contributed by atoms with van der Waals surface area (Å²) in [5, 5.41) is 0. The number of benzene rings is 2. The van der Waals surface area contributed by atoms with Crippen molar-refractivity contribution in [3.63, 3.8) is 0 Å². The second kappa shape index (κ2) is 8.90. The maximum atomic E-state index is 12.5. The van der Waals surface area contributed by atoms with E-state index in [0.717, 1.165) is 48.5 Å². The molecular weight excluding hydrogens is 374 g/mol. The van der Waals surface area contributed by atoms with Gasteiger partial charge < -0.3 is 14.2 Å². The number of aryl methyl sites for hydroxylation is 2. The SMILES string of the molecule is CCCCN1C[C@@H](c2nc3ccccc3n2CCOc2cc(C)cc(C)c2)CC1=O. The predicted octanol–water partition coefficient (Wildman–Crippen LogP) is 4.85. The molecule has 0 unspecified atom stereocenters. The van der Waals surface area contributed by atoms with E-state index in [4.69, 9.17) is 9.72 Å². The van der Waals surface area contributed by atoms with Gasteiger partial charge in [-0.2, -0.15) is 0 Å². The van der Waals surface area contributed by atoms with Crippen LogP contribution < -0.4 is 4.74 Å². The van der Waals surface area contributed by atoms with E-state index in [1.54, 1.807) is 0 Å². The highest BCUT2D eigenvalue weighted by molar-refractivity contribution is 5.80. The van der Waals surface area contributed by atoms with Crippen LogP contribution in [0, 0.1) is 13.8 Å². The van der Waals surface area contributed by atoms with E-state index in [9.17, 15) is 4.79 Å². The molecule has 0 bridgehead atoms. The number of ether oxygens (including phenoxy) is 1. The molecule has 3 aromatic rings. The predicted molar refractivity (Wildman–Crippen MR) is 120 cm³/mol. The van der Waals surface area contributed by atoms with Crippen LogP contribution in [0.3, 0.4) is 0 Å². The molecule has 0 saturated carbocycles. The summed E-state index contributed by atoms with van der Waals surface area (Å²) >= 11 is 0. The number of carbonyl (C=O) groups is 1. The molecule has 2 aromatic carbocycles. The first-order chi connectivity index (χ1) is 14.5. The lowest BCUT2D eigenvalue weighted by molar-refractivity contribution is -0.127. The molecule has 158 valence electrons. The number of hydrogen-bond acceptors (Lipinski definition) is 3. The second-order valence-corrected chi connectivity index (χ2v) is 8.38. The number of imidazole rings is 1. The van der Waals surface area contributed by atoms with Gasteiger partial charge in [-0.05, 0) is 55.7 Å². The topological polar surface area (TPSA) is 47.4 Å². The summed E-state index contributed by atoms with van der Waals surface area (Å²) in [5.74, 6) is 2.30. The highest BCUT2D eigenvalue weighted by Gasteiger charge is 2.33. The van der Waals surface area contributed by atoms with Crippen LogP contribution in [0.25, 0.3) is 11.0 Å². The van der Waals surface area contributed by atoms with Crippen molar-refractivity contribution in [3.05, 3.63) is 59.4 Å². The molecular formula is C25H31N3O2. The van der Waals surface area contributed by atoms with Gasteiger partial charge in [0.2, 0.25) is 5.91 Å². The summed E-state index contributed by atoms with van der Waals surface area (Å²) in [6, 6.07) is 14.5. The first-order valence-corrected chi connectivity index (χ1v) is 11.0. The molecule has 0 N–H and O–H groups in total. The van der Waals surface area contributed by atoms with E-state index in [-0.39, 0.29) is 11.8 Å². The number of rotatable bonds is 8. The summed E-state index contributed by atoms with van der Waals surface area (Å²) in [6.45, 7) is 9.22. The number of amides is 1. The Balaban J connectivity index is 1.54. The van der Waals surface area contributed by atoms with Crippen LogP contribution in [-0.2, 0) is 11.3 Å². The normalized spacial score (nSPS) is 16.6. The smallest absolute Gasteiger partial charge is 0.223 e. The lowest BCUT2D eigenvalue weighted by Gasteiger charge is -2.17. The summed E-state index contributed by atoms with van der Waals surface area (Å²) < 4.78 is 8.33. The maximum Gasteiger partial charge on any atom is 0.223 e. The average Bonchev–Trinajstić information content (AvgIpc) is 3.26. The fourth-order valence-corrected chi connectivity index (χ4v) is 4.42. The summed E-state index contributed by atoms with van der Waals surface area (Å²) in [4.78, 5) is 19.4. The van der Waals surface area contributed by atoms with Crippen molar-refractivity contribution in [1.29, 1.82) is 0 Å². The van der Waals surface area contributed by atoms with Crippen molar-refractivity contribution >= 4 is 16.9 Å². The van der Waals surface area contributed by atoms with Gasteiger partial charge in [0.1, 0.15) is 18.2 Å². The van der Waals surface area contributed by atoms with E-state index in [2.05, 4.69) is 49.6 Å². The van der Waals surface area contributed by atoms with E-state index < -0.39 is 0 Å². The molecule has 5 heteroatoms. The Kier molecular flexibility index (Phi) is 6.07. The van der Waals surface area contributed by atoms with Gasteiger partial charge in [0.05, 0.1) is 17.6 Å². The van der Waals surface area contributed by atoms with E-state index in [0.29, 0.717) is 19.6 Å². The van der Waals surface area contributed by atoms with Crippen molar-refractivity contribution in [1.82, 2.24) is 14.5 Å². The molecule has 1 aliphatic heterocycles. The lowest BCUT2D eigenvalue weighted by atomic mass is 10.1. The summed E-state index contributed by atoms with van der Waals surface area (Å²) in [5.41, 5.74) is 4.50. The number of unbranched alkanes of at least 4 members (excludes halogenated alkanes) is 1. The molecule has 0 spiro atoms. The maximum absolute atomic E-state index is 12.5. The van der Waals surface area contributed by atoms with E-state index >= 15 is 0 Å². The van der Waals surface area contributed by atoms with Gasteiger partial charge in [-0.15, -0.1) is 0 Å². The molecule has 2 heterocycles. The molecule has 30 heavy (non-hydrogen) atoms. The van der Waals surface area contributed by atoms with Crippen LogP contribution in [0.15, 0.2) is 42.5 Å². The van der Waals surface area contributed by atoms with Gasteiger partial charge in [0, 0.05) is 25.4 Å². The second-order valence-electron chi connectivity index (χ2n) is 8.38. The molecule has 1 amide bonds. The third-order valence-electron chi connectivity index (χ3n) is 5.82. The summed E-state index contributed by atoms with van der Waals surface area (Å²) in [7, 11) is 0. The third kappa shape index (κ3) is 4.35. The zero-order valence-corrected chi connectivity index (χ0v) is 18.2. The molecule has 1 atom stereocenters. The zero-order valence-electron chi connectivity index (χ0n) is 18.2. The fraction of sp³-hybridized carbons (Fsp3) is 0.440.